The minimum Gasteiger partial charge on any atom is -0.443 e. The molecule has 0 spiro atoms. The quantitative estimate of drug-likeness (QED) is 0.441. The summed E-state index contributed by atoms with van der Waals surface area (Å²) in [6.07, 6.45) is 2.87. The summed E-state index contributed by atoms with van der Waals surface area (Å²) < 4.78 is 46.8. The fourth-order valence-electron chi connectivity index (χ4n) is 3.33. The van der Waals surface area contributed by atoms with Crippen LogP contribution in [0, 0.1) is 5.82 Å². The van der Waals surface area contributed by atoms with Gasteiger partial charge in [-0.05, 0) is 48.0 Å². The molecule has 0 amide bonds. The van der Waals surface area contributed by atoms with Gasteiger partial charge in [0.1, 0.15) is 11.3 Å². The lowest BCUT2D eigenvalue weighted by Crippen LogP contribution is -2.11. The Bertz CT molecular complexity index is 1440. The molecule has 0 bridgehead atoms. The zero-order valence-electron chi connectivity index (χ0n) is 14.4. The molecule has 5 aromatic rings. The highest BCUT2D eigenvalue weighted by atomic mass is 32.2. The molecule has 28 heavy (non-hydrogen) atoms. The van der Waals surface area contributed by atoms with Crippen molar-refractivity contribution >= 4 is 32.0 Å². The van der Waals surface area contributed by atoms with E-state index in [1.54, 1.807) is 36.4 Å². The van der Waals surface area contributed by atoms with E-state index in [0.29, 0.717) is 22.0 Å². The van der Waals surface area contributed by atoms with Crippen molar-refractivity contribution in [3.05, 3.63) is 85.1 Å². The predicted octanol–water partition coefficient (Wildman–Crippen LogP) is 4.83. The molecule has 0 aliphatic heterocycles. The molecule has 0 aliphatic rings. The molecule has 138 valence electrons. The Labute approximate surface area is 159 Å². The molecule has 0 N–H and O–H groups in total. The van der Waals surface area contributed by atoms with Crippen LogP contribution < -0.4 is 0 Å². The molecule has 2 aromatic heterocycles. The normalized spacial score (nSPS) is 12.0. The van der Waals surface area contributed by atoms with Crippen molar-refractivity contribution in [2.75, 3.05) is 0 Å². The predicted molar refractivity (Wildman–Crippen MR) is 104 cm³/mol. The number of hydrogen-bond acceptors (Lipinski definition) is 4. The molecule has 7 heteroatoms. The fraction of sp³-hybridized carbons (Fsp3) is 0. The average molecular weight is 392 g/mol. The van der Waals surface area contributed by atoms with Crippen LogP contribution in [0.25, 0.3) is 33.1 Å². The van der Waals surface area contributed by atoms with E-state index < -0.39 is 15.8 Å². The Kier molecular flexibility index (Phi) is 3.60. The number of rotatable bonds is 3. The van der Waals surface area contributed by atoms with Crippen LogP contribution in [0.3, 0.4) is 0 Å². The van der Waals surface area contributed by atoms with E-state index in [-0.39, 0.29) is 10.4 Å². The molecular weight excluding hydrogens is 379 g/mol. The molecule has 0 fully saturated rings. The summed E-state index contributed by atoms with van der Waals surface area (Å²) >= 11 is 0. The van der Waals surface area contributed by atoms with Gasteiger partial charge in [-0.15, -0.1) is 0 Å². The Balaban J connectivity index is 1.80. The van der Waals surface area contributed by atoms with Crippen LogP contribution in [-0.2, 0) is 10.0 Å². The third kappa shape index (κ3) is 2.51. The number of hydrogen-bond donors (Lipinski definition) is 0. The lowest BCUT2D eigenvalue weighted by atomic mass is 10.0. The molecule has 0 radical (unpaired) electrons. The van der Waals surface area contributed by atoms with Gasteiger partial charge < -0.3 is 4.42 Å². The molecule has 0 saturated carbocycles. The number of nitrogens with zero attached hydrogens (tertiary/aromatic N) is 2. The topological polar surface area (TPSA) is 65.1 Å². The SMILES string of the molecule is O=S(=O)(c1ccccc1)n1cc(-c2ccc3ncoc3c2)c2ccc(F)cc21. The zero-order chi connectivity index (χ0) is 19.3. The highest BCUT2D eigenvalue weighted by molar-refractivity contribution is 7.90. The van der Waals surface area contributed by atoms with Crippen LogP contribution in [0.5, 0.6) is 0 Å². The van der Waals surface area contributed by atoms with E-state index in [0.717, 1.165) is 9.54 Å². The third-order valence-electron chi connectivity index (χ3n) is 4.68. The maximum Gasteiger partial charge on any atom is 0.268 e. The van der Waals surface area contributed by atoms with E-state index >= 15 is 0 Å². The number of aromatic nitrogens is 2. The first-order chi connectivity index (χ1) is 13.5. The summed E-state index contributed by atoms with van der Waals surface area (Å²) in [5, 5.41) is 0.625. The van der Waals surface area contributed by atoms with Crippen molar-refractivity contribution in [2.45, 2.75) is 4.90 Å². The average Bonchev–Trinajstić information content (AvgIpc) is 3.32. The summed E-state index contributed by atoms with van der Waals surface area (Å²) in [6.45, 7) is 0. The van der Waals surface area contributed by atoms with Crippen LogP contribution in [0.2, 0.25) is 0 Å². The van der Waals surface area contributed by atoms with Gasteiger partial charge in [0.2, 0.25) is 0 Å². The maximum absolute atomic E-state index is 14.0. The maximum atomic E-state index is 14.0. The molecule has 0 atom stereocenters. The lowest BCUT2D eigenvalue weighted by molar-refractivity contribution is 0.589. The van der Waals surface area contributed by atoms with E-state index in [1.807, 2.05) is 6.07 Å². The van der Waals surface area contributed by atoms with Crippen molar-refractivity contribution in [2.24, 2.45) is 0 Å². The second-order valence-electron chi connectivity index (χ2n) is 6.35. The van der Waals surface area contributed by atoms with Gasteiger partial charge in [0.15, 0.2) is 12.0 Å². The molecule has 3 aromatic carbocycles. The summed E-state index contributed by atoms with van der Waals surface area (Å²) in [5.74, 6) is -0.507. The molecule has 0 saturated heterocycles. The first kappa shape index (κ1) is 16.7. The first-order valence-corrected chi connectivity index (χ1v) is 9.93. The minimum absolute atomic E-state index is 0.133. The van der Waals surface area contributed by atoms with Crippen molar-refractivity contribution in [3.8, 4) is 11.1 Å². The monoisotopic (exact) mass is 392 g/mol. The lowest BCUT2D eigenvalue weighted by Gasteiger charge is -2.07. The highest BCUT2D eigenvalue weighted by Gasteiger charge is 2.22. The van der Waals surface area contributed by atoms with Crippen LogP contribution >= 0.6 is 0 Å². The van der Waals surface area contributed by atoms with Crippen molar-refractivity contribution in [1.82, 2.24) is 8.96 Å². The molecule has 5 rings (SSSR count). The van der Waals surface area contributed by atoms with Gasteiger partial charge in [-0.1, -0.05) is 24.3 Å². The fourth-order valence-corrected chi connectivity index (χ4v) is 4.71. The molecule has 0 unspecified atom stereocenters. The smallest absolute Gasteiger partial charge is 0.268 e. The summed E-state index contributed by atoms with van der Waals surface area (Å²) in [4.78, 5) is 4.23. The van der Waals surface area contributed by atoms with Crippen LogP contribution in [0.15, 0.2) is 88.6 Å². The Morgan fingerprint density at radius 2 is 1.79 bits per heavy atom. The molecule has 0 aliphatic carbocycles. The Morgan fingerprint density at radius 3 is 2.61 bits per heavy atom. The molecule has 2 heterocycles. The van der Waals surface area contributed by atoms with Gasteiger partial charge in [-0.3, -0.25) is 0 Å². The Hall–Kier alpha value is -3.45. The number of fused-ring (bicyclic) bond motifs is 2. The first-order valence-electron chi connectivity index (χ1n) is 8.49. The van der Waals surface area contributed by atoms with Gasteiger partial charge in [-0.25, -0.2) is 21.8 Å². The van der Waals surface area contributed by atoms with Gasteiger partial charge in [-0.2, -0.15) is 0 Å². The zero-order valence-corrected chi connectivity index (χ0v) is 15.2. The summed E-state index contributed by atoms with van der Waals surface area (Å²) in [5.41, 5.74) is 2.98. The summed E-state index contributed by atoms with van der Waals surface area (Å²) in [7, 11) is -3.89. The van der Waals surface area contributed by atoms with E-state index in [9.17, 15) is 12.8 Å². The van der Waals surface area contributed by atoms with Gasteiger partial charge in [0, 0.05) is 17.1 Å². The van der Waals surface area contributed by atoms with Gasteiger partial charge >= 0.3 is 0 Å². The van der Waals surface area contributed by atoms with Crippen molar-refractivity contribution in [1.29, 1.82) is 0 Å². The van der Waals surface area contributed by atoms with Crippen LogP contribution in [0.1, 0.15) is 0 Å². The molecule has 5 nitrogen and oxygen atoms in total. The number of halogens is 1. The van der Waals surface area contributed by atoms with Crippen LogP contribution in [-0.4, -0.2) is 17.4 Å². The van der Waals surface area contributed by atoms with Crippen molar-refractivity contribution in [3.63, 3.8) is 0 Å². The Morgan fingerprint density at radius 1 is 0.964 bits per heavy atom. The number of oxazole rings is 1. The van der Waals surface area contributed by atoms with E-state index in [2.05, 4.69) is 4.98 Å². The second-order valence-corrected chi connectivity index (χ2v) is 8.17. The molecular formula is C21H13FN2O3S. The van der Waals surface area contributed by atoms with Crippen molar-refractivity contribution < 1.29 is 17.2 Å². The summed E-state index contributed by atoms with van der Waals surface area (Å²) in [6, 6.07) is 17.6. The minimum atomic E-state index is -3.89. The van der Waals surface area contributed by atoms with Gasteiger partial charge in [0.05, 0.1) is 10.4 Å². The van der Waals surface area contributed by atoms with E-state index in [4.69, 9.17) is 4.42 Å². The second kappa shape index (κ2) is 6.03. The third-order valence-corrected chi connectivity index (χ3v) is 6.36. The van der Waals surface area contributed by atoms with Crippen LogP contribution in [0.4, 0.5) is 4.39 Å². The number of benzene rings is 3. The van der Waals surface area contributed by atoms with Gasteiger partial charge in [0.25, 0.3) is 10.0 Å². The van der Waals surface area contributed by atoms with E-state index in [1.165, 1.54) is 36.9 Å². The standard InChI is InChI=1S/C21H13FN2O3S/c22-15-7-8-17-18(14-6-9-19-21(10-14)27-13-23-19)12-24(20(17)11-15)28(25,26)16-4-2-1-3-5-16/h1-13H. The largest absolute Gasteiger partial charge is 0.443 e. The highest BCUT2D eigenvalue weighted by Crippen LogP contribution is 2.34.